The van der Waals surface area contributed by atoms with E-state index in [9.17, 15) is 14.7 Å². The van der Waals surface area contributed by atoms with E-state index in [0.717, 1.165) is 16.9 Å². The van der Waals surface area contributed by atoms with Gasteiger partial charge in [-0.25, -0.2) is 9.78 Å². The fraction of sp³-hybridized carbons (Fsp3) is 0.192. The molecule has 1 fully saturated rings. The molecule has 2 aromatic carbocycles. The Morgan fingerprint density at radius 2 is 1.71 bits per heavy atom. The van der Waals surface area contributed by atoms with Crippen molar-refractivity contribution < 1.29 is 9.90 Å². The van der Waals surface area contributed by atoms with E-state index in [0.29, 0.717) is 48.7 Å². The highest BCUT2D eigenvalue weighted by atomic mass is 16.3. The van der Waals surface area contributed by atoms with E-state index < -0.39 is 5.69 Å². The Morgan fingerprint density at radius 1 is 0.971 bits per heavy atom. The van der Waals surface area contributed by atoms with Crippen LogP contribution in [0.1, 0.15) is 15.9 Å². The second kappa shape index (κ2) is 9.38. The number of hydrogen-bond donors (Lipinski definition) is 2. The lowest BCUT2D eigenvalue weighted by atomic mass is 10.0. The molecule has 35 heavy (non-hydrogen) atoms. The van der Waals surface area contributed by atoms with E-state index in [1.165, 1.54) is 0 Å². The number of rotatable bonds is 4. The number of aromatic nitrogens is 4. The van der Waals surface area contributed by atoms with Crippen molar-refractivity contribution in [2.24, 2.45) is 0 Å². The highest BCUT2D eigenvalue weighted by Crippen LogP contribution is 2.26. The third kappa shape index (κ3) is 4.74. The first-order valence-corrected chi connectivity index (χ1v) is 11.3. The van der Waals surface area contributed by atoms with Crippen molar-refractivity contribution in [3.63, 3.8) is 0 Å². The molecule has 0 spiro atoms. The average molecular weight is 469 g/mol. The Hall–Kier alpha value is -4.53. The van der Waals surface area contributed by atoms with Gasteiger partial charge in [-0.05, 0) is 54.4 Å². The fourth-order valence-electron chi connectivity index (χ4n) is 4.14. The third-order valence-corrected chi connectivity index (χ3v) is 6.12. The maximum absolute atomic E-state index is 13.0. The molecule has 0 saturated carbocycles. The molecule has 5 rings (SSSR count). The minimum Gasteiger partial charge on any atom is -0.508 e. The lowest BCUT2D eigenvalue weighted by Crippen LogP contribution is -2.49. The van der Waals surface area contributed by atoms with Crippen molar-refractivity contribution in [3.8, 4) is 28.3 Å². The summed E-state index contributed by atoms with van der Waals surface area (Å²) in [4.78, 5) is 44.5. The zero-order valence-corrected chi connectivity index (χ0v) is 19.2. The van der Waals surface area contributed by atoms with Crippen LogP contribution in [0.3, 0.4) is 0 Å². The molecule has 0 bridgehead atoms. The van der Waals surface area contributed by atoms with Crippen LogP contribution in [0.25, 0.3) is 22.5 Å². The molecule has 0 aliphatic carbocycles. The van der Waals surface area contributed by atoms with Crippen molar-refractivity contribution in [3.05, 3.63) is 88.7 Å². The van der Waals surface area contributed by atoms with Gasteiger partial charge in [0, 0.05) is 49.7 Å². The first-order valence-electron chi connectivity index (χ1n) is 11.3. The minimum absolute atomic E-state index is 0.0289. The average Bonchev–Trinajstić information content (AvgIpc) is 2.90. The second-order valence-corrected chi connectivity index (χ2v) is 8.41. The van der Waals surface area contributed by atoms with E-state index in [4.69, 9.17) is 0 Å². The molecule has 1 aliphatic heterocycles. The molecule has 3 heterocycles. The van der Waals surface area contributed by atoms with Gasteiger partial charge < -0.3 is 19.9 Å². The van der Waals surface area contributed by atoms with Gasteiger partial charge in [-0.15, -0.1) is 0 Å². The summed E-state index contributed by atoms with van der Waals surface area (Å²) in [5.74, 6) is 0.977. The zero-order valence-electron chi connectivity index (χ0n) is 19.2. The minimum atomic E-state index is -0.468. The third-order valence-electron chi connectivity index (χ3n) is 6.12. The van der Waals surface area contributed by atoms with Gasteiger partial charge in [-0.2, -0.15) is 4.98 Å². The van der Waals surface area contributed by atoms with Crippen LogP contribution in [0.4, 0.5) is 5.82 Å². The number of amides is 1. The molecular formula is C26H24N6O3. The van der Waals surface area contributed by atoms with Gasteiger partial charge in [0.1, 0.15) is 11.6 Å². The van der Waals surface area contributed by atoms with E-state index in [2.05, 4.69) is 24.8 Å². The Bertz CT molecular complexity index is 1410. The largest absolute Gasteiger partial charge is 0.508 e. The van der Waals surface area contributed by atoms with E-state index in [1.54, 1.807) is 61.9 Å². The molecule has 4 aromatic rings. The van der Waals surface area contributed by atoms with Crippen LogP contribution >= 0.6 is 0 Å². The number of hydrogen-bond acceptors (Lipinski definition) is 7. The van der Waals surface area contributed by atoms with Crippen LogP contribution in [0, 0.1) is 6.92 Å². The Kier molecular flexibility index (Phi) is 5.97. The van der Waals surface area contributed by atoms with Crippen LogP contribution in [0.2, 0.25) is 0 Å². The van der Waals surface area contributed by atoms with Gasteiger partial charge in [0.15, 0.2) is 0 Å². The number of piperazine rings is 1. The van der Waals surface area contributed by atoms with Crippen molar-refractivity contribution in [1.82, 2.24) is 24.8 Å². The van der Waals surface area contributed by atoms with Crippen molar-refractivity contribution in [2.45, 2.75) is 6.92 Å². The van der Waals surface area contributed by atoms with Crippen LogP contribution in [-0.4, -0.2) is 62.0 Å². The van der Waals surface area contributed by atoms with E-state index in [1.807, 2.05) is 17.0 Å². The summed E-state index contributed by atoms with van der Waals surface area (Å²) in [7, 11) is 0. The first kappa shape index (κ1) is 22.3. The molecule has 0 radical (unpaired) electrons. The summed E-state index contributed by atoms with van der Waals surface area (Å²) in [5, 5.41) is 9.78. The van der Waals surface area contributed by atoms with Gasteiger partial charge >= 0.3 is 5.69 Å². The van der Waals surface area contributed by atoms with Gasteiger partial charge in [-0.1, -0.05) is 12.1 Å². The molecular weight excluding hydrogens is 444 g/mol. The molecule has 1 amide bonds. The quantitative estimate of drug-likeness (QED) is 0.473. The van der Waals surface area contributed by atoms with Gasteiger partial charge in [0.25, 0.3) is 5.91 Å². The van der Waals surface area contributed by atoms with Crippen LogP contribution < -0.4 is 10.6 Å². The first-order chi connectivity index (χ1) is 17.0. The van der Waals surface area contributed by atoms with Crippen molar-refractivity contribution >= 4 is 11.7 Å². The molecule has 9 heteroatoms. The molecule has 0 atom stereocenters. The number of benzene rings is 2. The number of aryl methyl sites for hydroxylation is 1. The van der Waals surface area contributed by atoms with E-state index >= 15 is 0 Å². The molecule has 1 saturated heterocycles. The Balaban J connectivity index is 1.31. The molecule has 2 aromatic heterocycles. The molecule has 9 nitrogen and oxygen atoms in total. The predicted molar refractivity (Wildman–Crippen MR) is 132 cm³/mol. The second-order valence-electron chi connectivity index (χ2n) is 8.41. The standard InChI is InChI=1S/C26H24N6O3/c1-17-14-20(6-7-23(17)33)22-15-21(29-26(35)30-22)18-2-4-19(5-3-18)25(34)32-12-10-31(11-13-32)24-16-27-8-9-28-24/h2-9,14-16,33H,10-13H2,1H3,(H,29,30,35). The highest BCUT2D eigenvalue weighted by Gasteiger charge is 2.23. The Morgan fingerprint density at radius 3 is 2.40 bits per heavy atom. The SMILES string of the molecule is Cc1cc(-c2cc(-c3ccc(C(=O)N4CCN(c5cnccn5)CC4)cc3)[nH]c(=O)n2)ccc1O. The molecule has 0 unspecified atom stereocenters. The Labute approximate surface area is 201 Å². The van der Waals surface area contributed by atoms with Gasteiger partial charge in [-0.3, -0.25) is 9.78 Å². The fourth-order valence-corrected chi connectivity index (χ4v) is 4.14. The highest BCUT2D eigenvalue weighted by molar-refractivity contribution is 5.94. The summed E-state index contributed by atoms with van der Waals surface area (Å²) >= 11 is 0. The predicted octanol–water partition coefficient (Wildman–Crippen LogP) is 2.87. The maximum atomic E-state index is 13.0. The monoisotopic (exact) mass is 468 g/mol. The maximum Gasteiger partial charge on any atom is 0.345 e. The smallest absolute Gasteiger partial charge is 0.345 e. The van der Waals surface area contributed by atoms with Crippen LogP contribution in [0.5, 0.6) is 5.75 Å². The number of aromatic hydroxyl groups is 1. The van der Waals surface area contributed by atoms with Crippen molar-refractivity contribution in [1.29, 1.82) is 0 Å². The number of nitrogens with one attached hydrogen (secondary N) is 1. The number of H-pyrrole nitrogens is 1. The summed E-state index contributed by atoms with van der Waals surface area (Å²) in [6.45, 7) is 4.38. The van der Waals surface area contributed by atoms with Crippen molar-refractivity contribution in [2.75, 3.05) is 31.1 Å². The number of phenolic OH excluding ortho intramolecular Hbond substituents is 1. The van der Waals surface area contributed by atoms with E-state index in [-0.39, 0.29) is 11.7 Å². The number of anilines is 1. The number of aromatic amines is 1. The number of carbonyl (C=O) groups is 1. The lowest BCUT2D eigenvalue weighted by molar-refractivity contribution is 0.0746. The molecule has 1 aliphatic rings. The van der Waals surface area contributed by atoms with Crippen LogP contribution in [-0.2, 0) is 0 Å². The number of phenols is 1. The summed E-state index contributed by atoms with van der Waals surface area (Å²) in [6.07, 6.45) is 5.04. The molecule has 176 valence electrons. The zero-order chi connectivity index (χ0) is 24.4. The summed E-state index contributed by atoms with van der Waals surface area (Å²) in [6, 6.07) is 14.1. The molecule has 2 N–H and O–H groups in total. The normalized spacial score (nSPS) is 13.6. The lowest BCUT2D eigenvalue weighted by Gasteiger charge is -2.35. The van der Waals surface area contributed by atoms with Gasteiger partial charge in [0.05, 0.1) is 17.6 Å². The van der Waals surface area contributed by atoms with Gasteiger partial charge in [0.2, 0.25) is 0 Å². The summed E-state index contributed by atoms with van der Waals surface area (Å²) < 4.78 is 0. The topological polar surface area (TPSA) is 115 Å². The summed E-state index contributed by atoms with van der Waals surface area (Å²) in [5.41, 5.74) is 3.43. The van der Waals surface area contributed by atoms with Crippen LogP contribution in [0.15, 0.2) is 71.9 Å². The number of carbonyl (C=O) groups excluding carboxylic acids is 1. The number of nitrogens with zero attached hydrogens (tertiary/aromatic N) is 5.